The fourth-order valence-corrected chi connectivity index (χ4v) is 4.30. The highest BCUT2D eigenvalue weighted by Gasteiger charge is 2.26. The number of hydrogen-bond donors (Lipinski definition) is 3. The van der Waals surface area contributed by atoms with Crippen LogP contribution in [0.1, 0.15) is 56.0 Å². The molecule has 3 N–H and O–H groups in total. The molecule has 1 amide bonds. The maximum absolute atomic E-state index is 13.6. The Morgan fingerprint density at radius 3 is 2.48 bits per heavy atom. The van der Waals surface area contributed by atoms with E-state index in [1.807, 2.05) is 0 Å². The molecular formula is C26H34F2N2O3. The summed E-state index contributed by atoms with van der Waals surface area (Å²) in [5, 5.41) is 16.9. The first kappa shape index (κ1) is 25.3. The van der Waals surface area contributed by atoms with Crippen molar-refractivity contribution >= 4 is 5.91 Å². The third-order valence-electron chi connectivity index (χ3n) is 5.67. The predicted molar refractivity (Wildman–Crippen MR) is 124 cm³/mol. The second-order valence-corrected chi connectivity index (χ2v) is 10.1. The highest BCUT2D eigenvalue weighted by Crippen LogP contribution is 2.29. The summed E-state index contributed by atoms with van der Waals surface area (Å²) in [6, 6.07) is 8.84. The van der Waals surface area contributed by atoms with Gasteiger partial charge >= 0.3 is 0 Å². The molecule has 180 valence electrons. The standard InChI is InChI=1S/C26H34F2N2O3/c1-16(31)30-23(10-18-7-20(27)11-21(28)8-18)25(32)13-29-24-15-33-14-19-6-5-17(9-22(19)24)12-26(2,3)4/h5-9,11,23-25,29,32H,10,12-15H2,1-4H3,(H,30,31)/t23-,24?,25+/m0/s1. The Kier molecular flexibility index (Phi) is 8.21. The quantitative estimate of drug-likeness (QED) is 0.560. The third kappa shape index (κ3) is 7.59. The van der Waals surface area contributed by atoms with Crippen molar-refractivity contribution in [2.45, 2.75) is 65.3 Å². The Morgan fingerprint density at radius 1 is 1.15 bits per heavy atom. The van der Waals surface area contributed by atoms with Crippen LogP contribution < -0.4 is 10.6 Å². The van der Waals surface area contributed by atoms with Crippen LogP contribution in [0.15, 0.2) is 36.4 Å². The molecule has 0 radical (unpaired) electrons. The molecule has 5 nitrogen and oxygen atoms in total. The first-order chi connectivity index (χ1) is 15.5. The first-order valence-electron chi connectivity index (χ1n) is 11.3. The molecule has 7 heteroatoms. The summed E-state index contributed by atoms with van der Waals surface area (Å²) < 4.78 is 32.9. The van der Waals surface area contributed by atoms with Crippen LogP contribution in [0.5, 0.6) is 0 Å². The number of ether oxygens (including phenoxy) is 1. The number of carbonyl (C=O) groups is 1. The second-order valence-electron chi connectivity index (χ2n) is 10.1. The van der Waals surface area contributed by atoms with Crippen LogP contribution in [-0.2, 0) is 29.0 Å². The van der Waals surface area contributed by atoms with E-state index in [4.69, 9.17) is 4.74 Å². The van der Waals surface area contributed by atoms with Gasteiger partial charge in [-0.3, -0.25) is 4.79 Å². The van der Waals surface area contributed by atoms with Gasteiger partial charge in [0.05, 0.1) is 31.4 Å². The van der Waals surface area contributed by atoms with Gasteiger partial charge in [-0.25, -0.2) is 8.78 Å². The van der Waals surface area contributed by atoms with Crippen LogP contribution in [0.2, 0.25) is 0 Å². The van der Waals surface area contributed by atoms with Gasteiger partial charge in [0, 0.05) is 19.5 Å². The Bertz CT molecular complexity index is 954. The van der Waals surface area contributed by atoms with Gasteiger partial charge < -0.3 is 20.5 Å². The summed E-state index contributed by atoms with van der Waals surface area (Å²) in [6.45, 7) is 9.15. The number of aliphatic hydroxyl groups is 1. The molecule has 0 aliphatic carbocycles. The predicted octanol–water partition coefficient (Wildman–Crippen LogP) is 3.82. The lowest BCUT2D eigenvalue weighted by molar-refractivity contribution is -0.120. The molecule has 1 aliphatic heterocycles. The van der Waals surface area contributed by atoms with Crippen LogP contribution in [0.4, 0.5) is 8.78 Å². The molecule has 0 fully saturated rings. The topological polar surface area (TPSA) is 70.6 Å². The van der Waals surface area contributed by atoms with Gasteiger partial charge in [0.1, 0.15) is 11.6 Å². The van der Waals surface area contributed by atoms with Crippen molar-refractivity contribution in [3.63, 3.8) is 0 Å². The van der Waals surface area contributed by atoms with Crippen molar-refractivity contribution in [3.8, 4) is 0 Å². The highest BCUT2D eigenvalue weighted by atomic mass is 19.1. The number of benzene rings is 2. The van der Waals surface area contributed by atoms with Crippen LogP contribution in [-0.4, -0.2) is 36.3 Å². The number of amides is 1. The average Bonchev–Trinajstić information content (AvgIpc) is 2.69. The van der Waals surface area contributed by atoms with E-state index in [2.05, 4.69) is 49.6 Å². The van der Waals surface area contributed by atoms with E-state index in [-0.39, 0.29) is 30.3 Å². The third-order valence-corrected chi connectivity index (χ3v) is 5.67. The number of carbonyl (C=O) groups excluding carboxylic acids is 1. The van der Waals surface area contributed by atoms with Gasteiger partial charge in [-0.05, 0) is 52.6 Å². The molecule has 0 bridgehead atoms. The molecule has 0 spiro atoms. The van der Waals surface area contributed by atoms with Crippen LogP contribution >= 0.6 is 0 Å². The highest BCUT2D eigenvalue weighted by molar-refractivity contribution is 5.73. The molecule has 1 aliphatic rings. The lowest BCUT2D eigenvalue weighted by Gasteiger charge is -2.30. The Morgan fingerprint density at radius 2 is 1.85 bits per heavy atom. The first-order valence-corrected chi connectivity index (χ1v) is 11.3. The molecule has 2 aromatic rings. The van der Waals surface area contributed by atoms with E-state index in [0.717, 1.165) is 23.6 Å². The summed E-state index contributed by atoms with van der Waals surface area (Å²) in [7, 11) is 0. The minimum Gasteiger partial charge on any atom is -0.390 e. The molecule has 3 atom stereocenters. The zero-order chi connectivity index (χ0) is 24.2. The lowest BCUT2D eigenvalue weighted by Crippen LogP contribution is -2.49. The fourth-order valence-electron chi connectivity index (χ4n) is 4.30. The van der Waals surface area contributed by atoms with Crippen LogP contribution in [0.25, 0.3) is 0 Å². The van der Waals surface area contributed by atoms with Gasteiger partial charge in [0.25, 0.3) is 0 Å². The molecule has 33 heavy (non-hydrogen) atoms. The van der Waals surface area contributed by atoms with E-state index < -0.39 is 23.8 Å². The molecule has 0 saturated carbocycles. The van der Waals surface area contributed by atoms with Crippen molar-refractivity contribution in [2.24, 2.45) is 5.41 Å². The number of rotatable bonds is 8. The lowest BCUT2D eigenvalue weighted by atomic mass is 9.86. The summed E-state index contributed by atoms with van der Waals surface area (Å²) in [5.41, 5.74) is 4.04. The van der Waals surface area contributed by atoms with Gasteiger partial charge in [-0.1, -0.05) is 39.0 Å². The maximum atomic E-state index is 13.6. The number of fused-ring (bicyclic) bond motifs is 1. The van der Waals surface area contributed by atoms with E-state index in [1.165, 1.54) is 24.6 Å². The molecular weight excluding hydrogens is 426 g/mol. The minimum atomic E-state index is -0.969. The monoisotopic (exact) mass is 460 g/mol. The molecule has 1 unspecified atom stereocenters. The molecule has 0 saturated heterocycles. The minimum absolute atomic E-state index is 0.102. The van der Waals surface area contributed by atoms with Crippen molar-refractivity contribution in [2.75, 3.05) is 13.2 Å². The zero-order valence-corrected chi connectivity index (χ0v) is 19.8. The molecule has 0 aromatic heterocycles. The average molecular weight is 461 g/mol. The number of hydrogen-bond acceptors (Lipinski definition) is 4. The normalized spacial score (nSPS) is 17.8. The van der Waals surface area contributed by atoms with Crippen molar-refractivity contribution in [3.05, 3.63) is 70.3 Å². The van der Waals surface area contributed by atoms with Crippen LogP contribution in [0.3, 0.4) is 0 Å². The largest absolute Gasteiger partial charge is 0.390 e. The van der Waals surface area contributed by atoms with Gasteiger partial charge in [-0.2, -0.15) is 0 Å². The molecule has 3 rings (SSSR count). The summed E-state index contributed by atoms with van der Waals surface area (Å²) >= 11 is 0. The second kappa shape index (κ2) is 10.7. The van der Waals surface area contributed by atoms with E-state index in [9.17, 15) is 18.7 Å². The number of halogens is 2. The molecule has 1 heterocycles. The van der Waals surface area contributed by atoms with E-state index >= 15 is 0 Å². The zero-order valence-electron chi connectivity index (χ0n) is 19.8. The molecule has 2 aromatic carbocycles. The van der Waals surface area contributed by atoms with E-state index in [0.29, 0.717) is 18.8 Å². The number of nitrogens with one attached hydrogen (secondary N) is 2. The van der Waals surface area contributed by atoms with Crippen molar-refractivity contribution in [1.29, 1.82) is 0 Å². The summed E-state index contributed by atoms with van der Waals surface area (Å²) in [6.07, 6.45) is 0.0824. The Balaban J connectivity index is 1.70. The Hall–Kier alpha value is -2.35. The summed E-state index contributed by atoms with van der Waals surface area (Å²) in [5.74, 6) is -1.71. The maximum Gasteiger partial charge on any atom is 0.217 e. The number of aliphatic hydroxyl groups excluding tert-OH is 1. The van der Waals surface area contributed by atoms with Gasteiger partial charge in [0.2, 0.25) is 5.91 Å². The van der Waals surface area contributed by atoms with Gasteiger partial charge in [0.15, 0.2) is 0 Å². The van der Waals surface area contributed by atoms with Crippen LogP contribution in [0, 0.1) is 17.0 Å². The van der Waals surface area contributed by atoms with Crippen molar-refractivity contribution < 1.29 is 23.4 Å². The van der Waals surface area contributed by atoms with Gasteiger partial charge in [-0.15, -0.1) is 0 Å². The smallest absolute Gasteiger partial charge is 0.217 e. The van der Waals surface area contributed by atoms with Crippen molar-refractivity contribution in [1.82, 2.24) is 10.6 Å². The SMILES string of the molecule is CC(=O)N[C@@H](Cc1cc(F)cc(F)c1)[C@H](O)CNC1COCc2ccc(CC(C)(C)C)cc21. The van der Waals surface area contributed by atoms with E-state index in [1.54, 1.807) is 0 Å². The Labute approximate surface area is 194 Å². The fraction of sp³-hybridized carbons (Fsp3) is 0.500. The summed E-state index contributed by atoms with van der Waals surface area (Å²) in [4.78, 5) is 11.7.